The number of carbonyl (C=O) groups is 1. The van der Waals surface area contributed by atoms with Gasteiger partial charge in [0.2, 0.25) is 0 Å². The summed E-state index contributed by atoms with van der Waals surface area (Å²) >= 11 is 6.85. The van der Waals surface area contributed by atoms with Gasteiger partial charge >= 0.3 is 0 Å². The zero-order chi connectivity index (χ0) is 20.1. The molecule has 0 saturated heterocycles. The van der Waals surface area contributed by atoms with Gasteiger partial charge in [-0.3, -0.25) is 9.69 Å². The third-order valence-electron chi connectivity index (χ3n) is 4.10. The van der Waals surface area contributed by atoms with Gasteiger partial charge in [-0.25, -0.2) is 4.99 Å². The van der Waals surface area contributed by atoms with Crippen LogP contribution in [-0.4, -0.2) is 26.3 Å². The molecule has 0 aliphatic heterocycles. The van der Waals surface area contributed by atoms with Crippen LogP contribution in [0.2, 0.25) is 0 Å². The largest absolute Gasteiger partial charge is 0.378 e. The first-order valence-electron chi connectivity index (χ1n) is 8.60. The van der Waals surface area contributed by atoms with E-state index in [4.69, 9.17) is 0 Å². The van der Waals surface area contributed by atoms with Crippen LogP contribution in [0.4, 0.5) is 17.1 Å². The van der Waals surface area contributed by atoms with Crippen molar-refractivity contribution in [3.8, 4) is 0 Å². The summed E-state index contributed by atoms with van der Waals surface area (Å²) in [5.74, 6) is -0.145. The van der Waals surface area contributed by atoms with Gasteiger partial charge < -0.3 is 4.90 Å². The molecule has 142 valence electrons. The SMILES string of the molecule is CN(C)c1ccc(C(=O)N(C=Nc2ccc(Br)cc2)c2ccc(Br)cc2)cc1. The predicted octanol–water partition coefficient (Wildman–Crippen LogP) is 6.28. The maximum absolute atomic E-state index is 13.2. The second-order valence-electron chi connectivity index (χ2n) is 6.31. The summed E-state index contributed by atoms with van der Waals surface area (Å²) < 4.78 is 1.93. The predicted molar refractivity (Wildman–Crippen MR) is 124 cm³/mol. The van der Waals surface area contributed by atoms with Crippen LogP contribution in [0.5, 0.6) is 0 Å². The smallest absolute Gasteiger partial charge is 0.263 e. The summed E-state index contributed by atoms with van der Waals surface area (Å²) in [6.45, 7) is 0. The van der Waals surface area contributed by atoms with Crippen LogP contribution in [-0.2, 0) is 0 Å². The quantitative estimate of drug-likeness (QED) is 0.305. The molecule has 6 heteroatoms. The summed E-state index contributed by atoms with van der Waals surface area (Å²) in [6.07, 6.45) is 1.56. The second kappa shape index (κ2) is 9.17. The van der Waals surface area contributed by atoms with E-state index in [1.54, 1.807) is 11.2 Å². The van der Waals surface area contributed by atoms with Crippen LogP contribution < -0.4 is 9.80 Å². The molecule has 28 heavy (non-hydrogen) atoms. The number of amides is 1. The van der Waals surface area contributed by atoms with Gasteiger partial charge in [0.25, 0.3) is 5.91 Å². The van der Waals surface area contributed by atoms with Crippen LogP contribution in [0.25, 0.3) is 0 Å². The molecule has 0 unspecified atom stereocenters. The molecule has 0 aromatic heterocycles. The van der Waals surface area contributed by atoms with Crippen molar-refractivity contribution < 1.29 is 4.79 Å². The monoisotopic (exact) mass is 499 g/mol. The Kier molecular flexibility index (Phi) is 6.65. The molecule has 3 rings (SSSR count). The molecule has 0 atom stereocenters. The van der Waals surface area contributed by atoms with E-state index in [1.807, 2.05) is 91.8 Å². The zero-order valence-corrected chi connectivity index (χ0v) is 18.7. The van der Waals surface area contributed by atoms with Crippen LogP contribution in [0.15, 0.2) is 86.7 Å². The first kappa shape index (κ1) is 20.3. The Morgan fingerprint density at radius 1 is 0.786 bits per heavy atom. The van der Waals surface area contributed by atoms with Crippen molar-refractivity contribution in [2.24, 2.45) is 4.99 Å². The molecule has 0 radical (unpaired) electrons. The van der Waals surface area contributed by atoms with Crippen LogP contribution >= 0.6 is 31.9 Å². The normalized spacial score (nSPS) is 10.9. The van der Waals surface area contributed by atoms with E-state index in [0.29, 0.717) is 5.56 Å². The molecule has 0 spiro atoms. The Labute approximate surface area is 181 Å². The van der Waals surface area contributed by atoms with Crippen LogP contribution in [0.1, 0.15) is 10.4 Å². The van der Waals surface area contributed by atoms with E-state index in [2.05, 4.69) is 36.9 Å². The van der Waals surface area contributed by atoms with Gasteiger partial charge in [-0.2, -0.15) is 0 Å². The summed E-state index contributed by atoms with van der Waals surface area (Å²) in [5, 5.41) is 0. The van der Waals surface area contributed by atoms with Gasteiger partial charge in [0.15, 0.2) is 0 Å². The van der Waals surface area contributed by atoms with Crippen molar-refractivity contribution in [3.05, 3.63) is 87.3 Å². The molecular formula is C22H19Br2N3O. The summed E-state index contributed by atoms with van der Waals surface area (Å²) in [7, 11) is 3.94. The van der Waals surface area contributed by atoms with Gasteiger partial charge in [0.05, 0.1) is 11.4 Å². The number of hydrogen-bond donors (Lipinski definition) is 0. The topological polar surface area (TPSA) is 35.9 Å². The van der Waals surface area contributed by atoms with Gasteiger partial charge in [-0.1, -0.05) is 31.9 Å². The lowest BCUT2D eigenvalue weighted by Gasteiger charge is -2.19. The number of nitrogens with zero attached hydrogens (tertiary/aromatic N) is 3. The number of benzene rings is 3. The maximum atomic E-state index is 13.2. The van der Waals surface area contributed by atoms with Crippen LogP contribution in [0.3, 0.4) is 0 Å². The van der Waals surface area contributed by atoms with Gasteiger partial charge in [0.1, 0.15) is 6.34 Å². The second-order valence-corrected chi connectivity index (χ2v) is 8.15. The van der Waals surface area contributed by atoms with E-state index in [9.17, 15) is 4.79 Å². The Morgan fingerprint density at radius 2 is 1.29 bits per heavy atom. The fourth-order valence-corrected chi connectivity index (χ4v) is 3.06. The highest BCUT2D eigenvalue weighted by atomic mass is 79.9. The first-order chi connectivity index (χ1) is 13.4. The Morgan fingerprint density at radius 3 is 1.82 bits per heavy atom. The van der Waals surface area contributed by atoms with Crippen LogP contribution in [0, 0.1) is 0 Å². The van der Waals surface area contributed by atoms with Crippen molar-refractivity contribution in [2.75, 3.05) is 23.9 Å². The molecular weight excluding hydrogens is 482 g/mol. The molecule has 0 bridgehead atoms. The van der Waals surface area contributed by atoms with Gasteiger partial charge in [-0.15, -0.1) is 0 Å². The molecule has 0 aliphatic rings. The standard InChI is InChI=1S/C22H19Br2N3O/c1-26(2)20-11-3-16(4-12-20)22(28)27(21-13-7-18(24)8-14-21)15-25-19-9-5-17(23)6-10-19/h3-15H,1-2H3. The lowest BCUT2D eigenvalue weighted by atomic mass is 10.1. The molecule has 0 N–H and O–H groups in total. The molecule has 4 nitrogen and oxygen atoms in total. The minimum atomic E-state index is -0.145. The molecule has 0 fully saturated rings. The fourth-order valence-electron chi connectivity index (χ4n) is 2.53. The Bertz CT molecular complexity index is 966. The lowest BCUT2D eigenvalue weighted by Crippen LogP contribution is -2.29. The van der Waals surface area contributed by atoms with Crippen molar-refractivity contribution in [1.82, 2.24) is 0 Å². The summed E-state index contributed by atoms with van der Waals surface area (Å²) in [6, 6.07) is 22.7. The average Bonchev–Trinajstić information content (AvgIpc) is 2.70. The number of anilines is 2. The average molecular weight is 501 g/mol. The fraction of sp³-hybridized carbons (Fsp3) is 0.0909. The number of hydrogen-bond acceptors (Lipinski definition) is 3. The number of rotatable bonds is 5. The van der Waals surface area contributed by atoms with Crippen molar-refractivity contribution in [1.29, 1.82) is 0 Å². The minimum Gasteiger partial charge on any atom is -0.378 e. The highest BCUT2D eigenvalue weighted by Gasteiger charge is 2.16. The Hall–Kier alpha value is -2.44. The molecule has 0 aliphatic carbocycles. The number of aliphatic imine (C=N–C) groups is 1. The van der Waals surface area contributed by atoms with Crippen molar-refractivity contribution in [2.45, 2.75) is 0 Å². The number of halogens is 2. The highest BCUT2D eigenvalue weighted by molar-refractivity contribution is 9.10. The highest BCUT2D eigenvalue weighted by Crippen LogP contribution is 2.22. The molecule has 3 aromatic rings. The van der Waals surface area contributed by atoms with E-state index >= 15 is 0 Å². The zero-order valence-electron chi connectivity index (χ0n) is 15.5. The molecule has 3 aromatic carbocycles. The number of carbonyl (C=O) groups excluding carboxylic acids is 1. The van der Waals surface area contributed by atoms with E-state index in [1.165, 1.54) is 0 Å². The lowest BCUT2D eigenvalue weighted by molar-refractivity contribution is 0.100. The molecule has 0 heterocycles. The Balaban J connectivity index is 1.94. The molecule has 1 amide bonds. The van der Waals surface area contributed by atoms with E-state index in [-0.39, 0.29) is 5.91 Å². The first-order valence-corrected chi connectivity index (χ1v) is 10.2. The molecule has 0 saturated carbocycles. The van der Waals surface area contributed by atoms with Crippen molar-refractivity contribution in [3.63, 3.8) is 0 Å². The summed E-state index contributed by atoms with van der Waals surface area (Å²) in [4.78, 5) is 21.2. The van der Waals surface area contributed by atoms with Gasteiger partial charge in [-0.05, 0) is 72.8 Å². The van der Waals surface area contributed by atoms with E-state index in [0.717, 1.165) is 26.0 Å². The summed E-state index contributed by atoms with van der Waals surface area (Å²) in [5.41, 5.74) is 3.14. The maximum Gasteiger partial charge on any atom is 0.263 e. The minimum absolute atomic E-state index is 0.145. The van der Waals surface area contributed by atoms with Crippen molar-refractivity contribution >= 4 is 61.2 Å². The van der Waals surface area contributed by atoms with E-state index < -0.39 is 0 Å². The third-order valence-corrected chi connectivity index (χ3v) is 5.16. The van der Waals surface area contributed by atoms with Gasteiger partial charge in [0, 0.05) is 34.3 Å². The third kappa shape index (κ3) is 5.09.